The fourth-order valence-corrected chi connectivity index (χ4v) is 2.56. The second-order valence-corrected chi connectivity index (χ2v) is 6.43. The van der Waals surface area contributed by atoms with Gasteiger partial charge in [-0.05, 0) is 62.4 Å². The summed E-state index contributed by atoms with van der Waals surface area (Å²) in [7, 11) is 0. The summed E-state index contributed by atoms with van der Waals surface area (Å²) in [5.74, 6) is 0.486. The first kappa shape index (κ1) is 18.9. The van der Waals surface area contributed by atoms with Crippen molar-refractivity contribution in [2.45, 2.75) is 20.0 Å². The molecule has 1 aromatic heterocycles. The Hall–Kier alpha value is -3.85. The van der Waals surface area contributed by atoms with E-state index in [1.807, 2.05) is 32.0 Å². The van der Waals surface area contributed by atoms with E-state index in [-0.39, 0.29) is 12.0 Å². The minimum Gasteiger partial charge on any atom is -0.491 e. The molecule has 0 aliphatic carbocycles. The number of ether oxygens (including phenoxy) is 1. The van der Waals surface area contributed by atoms with Crippen LogP contribution in [-0.4, -0.2) is 17.0 Å². The predicted molar refractivity (Wildman–Crippen MR) is 109 cm³/mol. The van der Waals surface area contributed by atoms with Gasteiger partial charge in [-0.2, -0.15) is 5.26 Å². The van der Waals surface area contributed by atoms with Gasteiger partial charge in [0.25, 0.3) is 5.91 Å². The Bertz CT molecular complexity index is 1010. The van der Waals surface area contributed by atoms with Crippen LogP contribution in [0, 0.1) is 11.3 Å². The maximum Gasteiger partial charge on any atom is 0.257 e. The highest BCUT2D eigenvalue weighted by molar-refractivity contribution is 6.04. The molecule has 2 aromatic carbocycles. The number of aromatic nitrogens is 1. The number of amides is 1. The molecule has 0 bridgehead atoms. The summed E-state index contributed by atoms with van der Waals surface area (Å²) in [5, 5.41) is 15.0. The van der Waals surface area contributed by atoms with E-state index in [4.69, 9.17) is 10.00 Å². The average Bonchev–Trinajstić information content (AvgIpc) is 2.69. The van der Waals surface area contributed by atoms with Gasteiger partial charge in [0.05, 0.1) is 35.2 Å². The van der Waals surface area contributed by atoms with Crippen LogP contribution in [0.15, 0.2) is 67.0 Å². The van der Waals surface area contributed by atoms with E-state index in [1.54, 1.807) is 42.6 Å². The van der Waals surface area contributed by atoms with Crippen molar-refractivity contribution >= 4 is 23.0 Å². The van der Waals surface area contributed by atoms with Crippen molar-refractivity contribution in [3.05, 3.63) is 78.1 Å². The molecule has 6 nitrogen and oxygen atoms in total. The minimum absolute atomic E-state index is 0.0932. The van der Waals surface area contributed by atoms with Crippen molar-refractivity contribution in [2.24, 2.45) is 0 Å². The van der Waals surface area contributed by atoms with Crippen molar-refractivity contribution in [3.63, 3.8) is 0 Å². The van der Waals surface area contributed by atoms with Gasteiger partial charge in [-0.15, -0.1) is 0 Å². The standard InChI is InChI=1S/C22H20N4O2/c1-15(2)28-21-8-6-18(7-9-21)26-22(27)17-11-20(14-24-13-17)25-19-5-3-4-16(10-19)12-23/h3-11,13-15,25H,1-2H3,(H,26,27). The third-order valence-corrected chi connectivity index (χ3v) is 3.76. The molecule has 140 valence electrons. The first-order chi connectivity index (χ1) is 13.5. The van der Waals surface area contributed by atoms with Crippen molar-refractivity contribution in [1.82, 2.24) is 4.98 Å². The first-order valence-corrected chi connectivity index (χ1v) is 8.84. The van der Waals surface area contributed by atoms with Crippen molar-refractivity contribution in [3.8, 4) is 11.8 Å². The fourth-order valence-electron chi connectivity index (χ4n) is 2.56. The van der Waals surface area contributed by atoms with E-state index in [0.29, 0.717) is 22.5 Å². The third kappa shape index (κ3) is 5.08. The van der Waals surface area contributed by atoms with E-state index in [1.165, 1.54) is 6.20 Å². The minimum atomic E-state index is -0.264. The predicted octanol–water partition coefficient (Wildman–Crippen LogP) is 4.74. The number of nitriles is 1. The molecular weight excluding hydrogens is 352 g/mol. The largest absolute Gasteiger partial charge is 0.491 e. The Balaban J connectivity index is 1.69. The number of benzene rings is 2. The Morgan fingerprint density at radius 1 is 1.04 bits per heavy atom. The molecule has 0 unspecified atom stereocenters. The average molecular weight is 372 g/mol. The lowest BCUT2D eigenvalue weighted by molar-refractivity contribution is 0.102. The smallest absolute Gasteiger partial charge is 0.257 e. The zero-order valence-electron chi connectivity index (χ0n) is 15.6. The summed E-state index contributed by atoms with van der Waals surface area (Å²) in [6.07, 6.45) is 3.21. The summed E-state index contributed by atoms with van der Waals surface area (Å²) >= 11 is 0. The first-order valence-electron chi connectivity index (χ1n) is 8.84. The van der Waals surface area contributed by atoms with E-state index >= 15 is 0 Å². The lowest BCUT2D eigenvalue weighted by atomic mass is 10.2. The number of nitrogens with one attached hydrogen (secondary N) is 2. The molecule has 1 heterocycles. The molecule has 0 radical (unpaired) electrons. The van der Waals surface area contributed by atoms with E-state index in [9.17, 15) is 4.79 Å². The van der Waals surface area contributed by atoms with Crippen LogP contribution in [0.2, 0.25) is 0 Å². The number of pyridine rings is 1. The van der Waals surface area contributed by atoms with Crippen molar-refractivity contribution < 1.29 is 9.53 Å². The number of anilines is 3. The number of carbonyl (C=O) groups is 1. The van der Waals surface area contributed by atoms with Gasteiger partial charge >= 0.3 is 0 Å². The number of hydrogen-bond donors (Lipinski definition) is 2. The molecule has 1 amide bonds. The molecule has 0 saturated heterocycles. The molecule has 2 N–H and O–H groups in total. The Morgan fingerprint density at radius 2 is 1.82 bits per heavy atom. The normalized spacial score (nSPS) is 10.2. The number of hydrogen-bond acceptors (Lipinski definition) is 5. The SMILES string of the molecule is CC(C)Oc1ccc(NC(=O)c2cncc(Nc3cccc(C#N)c3)c2)cc1. The highest BCUT2D eigenvalue weighted by Gasteiger charge is 2.08. The lowest BCUT2D eigenvalue weighted by Gasteiger charge is -2.11. The van der Waals surface area contributed by atoms with Crippen LogP contribution in [0.3, 0.4) is 0 Å². The van der Waals surface area contributed by atoms with Crippen LogP contribution in [0.1, 0.15) is 29.8 Å². The van der Waals surface area contributed by atoms with Crippen molar-refractivity contribution in [2.75, 3.05) is 10.6 Å². The third-order valence-electron chi connectivity index (χ3n) is 3.76. The molecule has 3 aromatic rings. The quantitative estimate of drug-likeness (QED) is 0.653. The van der Waals surface area contributed by atoms with Crippen LogP contribution in [0.4, 0.5) is 17.1 Å². The molecule has 28 heavy (non-hydrogen) atoms. The van der Waals surface area contributed by atoms with Crippen LogP contribution < -0.4 is 15.4 Å². The molecule has 0 saturated carbocycles. The number of carbonyl (C=O) groups excluding carboxylic acids is 1. The van der Waals surface area contributed by atoms with Crippen molar-refractivity contribution in [1.29, 1.82) is 5.26 Å². The molecule has 0 aliphatic rings. The topological polar surface area (TPSA) is 87.0 Å². The van der Waals surface area contributed by atoms with Crippen LogP contribution in [0.25, 0.3) is 0 Å². The Labute approximate surface area is 163 Å². The number of nitrogens with zero attached hydrogens (tertiary/aromatic N) is 2. The highest BCUT2D eigenvalue weighted by Crippen LogP contribution is 2.20. The maximum absolute atomic E-state index is 12.5. The van der Waals surface area contributed by atoms with Crippen LogP contribution in [-0.2, 0) is 0 Å². The van der Waals surface area contributed by atoms with Gasteiger partial charge in [0, 0.05) is 17.6 Å². The fraction of sp³-hybridized carbons (Fsp3) is 0.136. The summed E-state index contributed by atoms with van der Waals surface area (Å²) in [6.45, 7) is 3.92. The Morgan fingerprint density at radius 3 is 2.54 bits per heavy atom. The van der Waals surface area contributed by atoms with Gasteiger partial charge in [0.1, 0.15) is 5.75 Å². The van der Waals surface area contributed by atoms with Gasteiger partial charge in [-0.1, -0.05) is 6.07 Å². The summed E-state index contributed by atoms with van der Waals surface area (Å²) < 4.78 is 5.60. The number of rotatable bonds is 6. The van der Waals surface area contributed by atoms with Gasteiger partial charge in [-0.25, -0.2) is 0 Å². The molecule has 0 aliphatic heterocycles. The summed E-state index contributed by atoms with van der Waals surface area (Å²) in [4.78, 5) is 16.7. The second-order valence-electron chi connectivity index (χ2n) is 6.43. The van der Waals surface area contributed by atoms with Crippen LogP contribution in [0.5, 0.6) is 5.75 Å². The van der Waals surface area contributed by atoms with Gasteiger partial charge < -0.3 is 15.4 Å². The zero-order valence-corrected chi connectivity index (χ0v) is 15.6. The van der Waals surface area contributed by atoms with E-state index < -0.39 is 0 Å². The van der Waals surface area contributed by atoms with Crippen LogP contribution >= 0.6 is 0 Å². The second kappa shape index (κ2) is 8.69. The molecule has 6 heteroatoms. The summed E-state index contributed by atoms with van der Waals surface area (Å²) in [5.41, 5.74) is 3.05. The van der Waals surface area contributed by atoms with Gasteiger partial charge in [-0.3, -0.25) is 9.78 Å². The molecule has 0 fully saturated rings. The maximum atomic E-state index is 12.5. The summed E-state index contributed by atoms with van der Waals surface area (Å²) in [6, 6.07) is 18.1. The highest BCUT2D eigenvalue weighted by atomic mass is 16.5. The molecular formula is C22H20N4O2. The lowest BCUT2D eigenvalue weighted by Crippen LogP contribution is -2.12. The van der Waals surface area contributed by atoms with E-state index in [2.05, 4.69) is 21.7 Å². The van der Waals surface area contributed by atoms with Gasteiger partial charge in [0.15, 0.2) is 0 Å². The molecule has 3 rings (SSSR count). The van der Waals surface area contributed by atoms with Gasteiger partial charge in [0.2, 0.25) is 0 Å². The molecule has 0 spiro atoms. The monoisotopic (exact) mass is 372 g/mol. The Kier molecular flexibility index (Phi) is 5.87. The zero-order chi connectivity index (χ0) is 19.9. The van der Waals surface area contributed by atoms with E-state index in [0.717, 1.165) is 11.4 Å². The molecule has 0 atom stereocenters.